The van der Waals surface area contributed by atoms with E-state index in [0.29, 0.717) is 5.92 Å². The molecule has 0 aromatic heterocycles. The molecule has 0 aliphatic carbocycles. The maximum atomic E-state index is 5.41. The molecule has 0 unspecified atom stereocenters. The van der Waals surface area contributed by atoms with Gasteiger partial charge in [-0.05, 0) is 38.1 Å². The zero-order valence-corrected chi connectivity index (χ0v) is 8.68. The van der Waals surface area contributed by atoms with Gasteiger partial charge in [-0.15, -0.1) is 12.3 Å². The molecule has 0 fully saturated rings. The minimum Gasteiger partial charge on any atom is -0.330 e. The SMILES string of the molecule is C#CC[C@H](C)CC(=C)CCCCN. The number of unbranched alkanes of at least 4 members (excludes halogenated alkanes) is 1. The summed E-state index contributed by atoms with van der Waals surface area (Å²) < 4.78 is 0. The van der Waals surface area contributed by atoms with E-state index in [1.54, 1.807) is 0 Å². The van der Waals surface area contributed by atoms with Gasteiger partial charge >= 0.3 is 0 Å². The van der Waals surface area contributed by atoms with Crippen LogP contribution in [0, 0.1) is 18.3 Å². The summed E-state index contributed by atoms with van der Waals surface area (Å²) in [5.74, 6) is 3.26. The van der Waals surface area contributed by atoms with Gasteiger partial charge in [-0.2, -0.15) is 0 Å². The van der Waals surface area contributed by atoms with E-state index in [-0.39, 0.29) is 0 Å². The fourth-order valence-corrected chi connectivity index (χ4v) is 1.39. The first kappa shape index (κ1) is 12.3. The third-order valence-corrected chi connectivity index (χ3v) is 2.09. The number of allylic oxidation sites excluding steroid dienone is 1. The number of rotatable bonds is 7. The number of terminal acetylenes is 1. The summed E-state index contributed by atoms with van der Waals surface area (Å²) in [6.45, 7) is 7.00. The van der Waals surface area contributed by atoms with E-state index >= 15 is 0 Å². The molecule has 0 spiro atoms. The summed E-state index contributed by atoms with van der Waals surface area (Å²) >= 11 is 0. The largest absolute Gasteiger partial charge is 0.330 e. The van der Waals surface area contributed by atoms with Gasteiger partial charge in [0.05, 0.1) is 0 Å². The van der Waals surface area contributed by atoms with Crippen LogP contribution in [0.3, 0.4) is 0 Å². The zero-order chi connectivity index (χ0) is 10.1. The second-order valence-corrected chi connectivity index (χ2v) is 3.71. The Labute approximate surface area is 82.4 Å². The first-order valence-electron chi connectivity index (χ1n) is 5.00. The predicted molar refractivity (Wildman–Crippen MR) is 59.3 cm³/mol. The van der Waals surface area contributed by atoms with Gasteiger partial charge in [0.1, 0.15) is 0 Å². The van der Waals surface area contributed by atoms with Gasteiger partial charge in [-0.1, -0.05) is 19.1 Å². The topological polar surface area (TPSA) is 26.0 Å². The van der Waals surface area contributed by atoms with Crippen molar-refractivity contribution in [1.82, 2.24) is 0 Å². The van der Waals surface area contributed by atoms with Gasteiger partial charge in [0, 0.05) is 6.42 Å². The molecule has 0 rings (SSSR count). The molecule has 0 saturated heterocycles. The monoisotopic (exact) mass is 179 g/mol. The molecular weight excluding hydrogens is 158 g/mol. The van der Waals surface area contributed by atoms with Crippen LogP contribution in [0.15, 0.2) is 12.2 Å². The molecule has 0 heterocycles. The first-order valence-corrected chi connectivity index (χ1v) is 5.00. The highest BCUT2D eigenvalue weighted by atomic mass is 14.5. The van der Waals surface area contributed by atoms with E-state index in [2.05, 4.69) is 19.4 Å². The summed E-state index contributed by atoms with van der Waals surface area (Å²) in [6.07, 6.45) is 10.5. The average molecular weight is 179 g/mol. The van der Waals surface area contributed by atoms with Crippen LogP contribution in [0.1, 0.15) is 39.0 Å². The summed E-state index contributed by atoms with van der Waals surface area (Å²) in [5.41, 5.74) is 6.72. The smallest absolute Gasteiger partial charge is 0.0115 e. The van der Waals surface area contributed by atoms with Crippen LogP contribution in [-0.4, -0.2) is 6.54 Å². The predicted octanol–water partition coefficient (Wildman–Crippen LogP) is 2.72. The van der Waals surface area contributed by atoms with E-state index in [1.165, 1.54) is 5.57 Å². The fraction of sp³-hybridized carbons (Fsp3) is 0.667. The van der Waals surface area contributed by atoms with E-state index in [1.807, 2.05) is 0 Å². The molecule has 0 aromatic carbocycles. The van der Waals surface area contributed by atoms with Crippen LogP contribution >= 0.6 is 0 Å². The quantitative estimate of drug-likeness (QED) is 0.363. The molecule has 0 aliphatic heterocycles. The summed E-state index contributed by atoms with van der Waals surface area (Å²) in [4.78, 5) is 0. The van der Waals surface area contributed by atoms with Crippen LogP contribution in [-0.2, 0) is 0 Å². The lowest BCUT2D eigenvalue weighted by Gasteiger charge is -2.09. The normalized spacial score (nSPS) is 12.1. The lowest BCUT2D eigenvalue weighted by atomic mass is 9.96. The molecule has 0 radical (unpaired) electrons. The third kappa shape index (κ3) is 7.62. The summed E-state index contributed by atoms with van der Waals surface area (Å²) in [6, 6.07) is 0. The maximum Gasteiger partial charge on any atom is 0.0115 e. The minimum atomic E-state index is 0.579. The molecule has 1 atom stereocenters. The van der Waals surface area contributed by atoms with E-state index in [4.69, 9.17) is 12.2 Å². The molecular formula is C12H21N. The first-order chi connectivity index (χ1) is 6.20. The Kier molecular flexibility index (Phi) is 7.44. The summed E-state index contributed by atoms with van der Waals surface area (Å²) in [5, 5.41) is 0. The van der Waals surface area contributed by atoms with E-state index in [0.717, 1.165) is 38.6 Å². The van der Waals surface area contributed by atoms with Crippen LogP contribution in [0.25, 0.3) is 0 Å². The fourth-order valence-electron chi connectivity index (χ4n) is 1.39. The van der Waals surface area contributed by atoms with Crippen molar-refractivity contribution in [1.29, 1.82) is 0 Å². The Morgan fingerprint density at radius 3 is 2.77 bits per heavy atom. The highest BCUT2D eigenvalue weighted by molar-refractivity contribution is 4.97. The molecule has 13 heavy (non-hydrogen) atoms. The lowest BCUT2D eigenvalue weighted by Crippen LogP contribution is -1.99. The highest BCUT2D eigenvalue weighted by Crippen LogP contribution is 2.17. The average Bonchev–Trinajstić information content (AvgIpc) is 2.05. The van der Waals surface area contributed by atoms with E-state index in [9.17, 15) is 0 Å². The van der Waals surface area contributed by atoms with Crippen molar-refractivity contribution in [3.05, 3.63) is 12.2 Å². The molecule has 0 aromatic rings. The molecule has 2 N–H and O–H groups in total. The molecule has 1 heteroatoms. The molecule has 0 aliphatic rings. The van der Waals surface area contributed by atoms with Crippen LogP contribution in [0.2, 0.25) is 0 Å². The van der Waals surface area contributed by atoms with Crippen LogP contribution in [0.5, 0.6) is 0 Å². The van der Waals surface area contributed by atoms with E-state index < -0.39 is 0 Å². The molecule has 74 valence electrons. The Bertz CT molecular complexity index is 176. The van der Waals surface area contributed by atoms with Crippen molar-refractivity contribution in [2.45, 2.75) is 39.0 Å². The third-order valence-electron chi connectivity index (χ3n) is 2.09. The van der Waals surface area contributed by atoms with Gasteiger partial charge in [-0.25, -0.2) is 0 Å². The minimum absolute atomic E-state index is 0.579. The lowest BCUT2D eigenvalue weighted by molar-refractivity contribution is 0.575. The zero-order valence-electron chi connectivity index (χ0n) is 8.68. The molecule has 1 nitrogen and oxygen atoms in total. The second-order valence-electron chi connectivity index (χ2n) is 3.71. The Balaban J connectivity index is 3.45. The Hall–Kier alpha value is -0.740. The van der Waals surface area contributed by atoms with Gasteiger partial charge in [0.2, 0.25) is 0 Å². The molecule has 0 amide bonds. The van der Waals surface area contributed by atoms with Crippen molar-refractivity contribution >= 4 is 0 Å². The van der Waals surface area contributed by atoms with Crippen molar-refractivity contribution in [2.75, 3.05) is 6.54 Å². The van der Waals surface area contributed by atoms with Crippen LogP contribution in [0.4, 0.5) is 0 Å². The van der Waals surface area contributed by atoms with Crippen LogP contribution < -0.4 is 5.73 Å². The van der Waals surface area contributed by atoms with Crippen molar-refractivity contribution in [3.8, 4) is 12.3 Å². The van der Waals surface area contributed by atoms with Gasteiger partial charge in [0.15, 0.2) is 0 Å². The van der Waals surface area contributed by atoms with Crippen molar-refractivity contribution in [2.24, 2.45) is 11.7 Å². The van der Waals surface area contributed by atoms with Gasteiger partial charge < -0.3 is 5.73 Å². The molecule has 0 bridgehead atoms. The maximum absolute atomic E-state index is 5.41. The van der Waals surface area contributed by atoms with Gasteiger partial charge in [0.25, 0.3) is 0 Å². The Morgan fingerprint density at radius 2 is 2.23 bits per heavy atom. The van der Waals surface area contributed by atoms with Gasteiger partial charge in [-0.3, -0.25) is 0 Å². The second kappa shape index (κ2) is 7.89. The standard InChI is InChI=1S/C12H21N/c1-4-7-11(2)10-12(3)8-5-6-9-13/h1,11H,3,5-10,13H2,2H3/t11-/m0/s1. The molecule has 0 saturated carbocycles. The Morgan fingerprint density at radius 1 is 1.54 bits per heavy atom. The highest BCUT2D eigenvalue weighted by Gasteiger charge is 2.02. The van der Waals surface area contributed by atoms with Crippen molar-refractivity contribution in [3.63, 3.8) is 0 Å². The summed E-state index contributed by atoms with van der Waals surface area (Å²) in [7, 11) is 0. The number of hydrogen-bond acceptors (Lipinski definition) is 1. The number of hydrogen-bond donors (Lipinski definition) is 1. The van der Waals surface area contributed by atoms with Crippen molar-refractivity contribution < 1.29 is 0 Å². The number of nitrogens with two attached hydrogens (primary N) is 1.